The highest BCUT2D eigenvalue weighted by atomic mass is 32.2. The highest BCUT2D eigenvalue weighted by Gasteiger charge is 2.14. The summed E-state index contributed by atoms with van der Waals surface area (Å²) >= 11 is 3.15. The van der Waals surface area contributed by atoms with Crippen LogP contribution in [-0.2, 0) is 0 Å². The molecule has 1 heterocycles. The van der Waals surface area contributed by atoms with E-state index in [0.717, 1.165) is 21.7 Å². The highest BCUT2D eigenvalue weighted by Crippen LogP contribution is 2.29. The van der Waals surface area contributed by atoms with Crippen LogP contribution < -0.4 is 5.32 Å². The maximum atomic E-state index is 12.5. The zero-order chi connectivity index (χ0) is 15.4. The summed E-state index contributed by atoms with van der Waals surface area (Å²) in [7, 11) is 0. The van der Waals surface area contributed by atoms with E-state index in [-0.39, 0.29) is 5.91 Å². The second-order valence-electron chi connectivity index (χ2n) is 4.71. The van der Waals surface area contributed by atoms with Crippen LogP contribution in [-0.4, -0.2) is 12.2 Å². The average molecular weight is 325 g/mol. The molecule has 2 nitrogen and oxygen atoms in total. The number of hydrogen-bond donors (Lipinski definition) is 1. The van der Waals surface area contributed by atoms with Crippen LogP contribution in [0.2, 0.25) is 0 Å². The van der Waals surface area contributed by atoms with Gasteiger partial charge in [0.2, 0.25) is 0 Å². The number of carbonyl (C=O) groups is 1. The smallest absolute Gasteiger partial charge is 0.266 e. The Morgan fingerprint density at radius 3 is 2.41 bits per heavy atom. The molecule has 0 radical (unpaired) electrons. The maximum absolute atomic E-state index is 12.5. The van der Waals surface area contributed by atoms with Gasteiger partial charge in [0.1, 0.15) is 0 Å². The molecule has 0 unspecified atom stereocenters. The molecule has 1 N–H and O–H groups in total. The molecule has 1 amide bonds. The van der Waals surface area contributed by atoms with E-state index in [1.807, 2.05) is 72.3 Å². The fourth-order valence-electron chi connectivity index (χ4n) is 2.19. The fraction of sp³-hybridized carbons (Fsp3) is 0.0556. The minimum atomic E-state index is -0.0641. The number of benzene rings is 2. The Morgan fingerprint density at radius 2 is 1.73 bits per heavy atom. The van der Waals surface area contributed by atoms with Gasteiger partial charge in [-0.15, -0.1) is 23.1 Å². The molecule has 0 saturated carbocycles. The van der Waals surface area contributed by atoms with Crippen LogP contribution in [0.15, 0.2) is 70.9 Å². The first-order valence-corrected chi connectivity index (χ1v) is 8.96. The summed E-state index contributed by atoms with van der Waals surface area (Å²) in [5, 5.41) is 4.92. The van der Waals surface area contributed by atoms with Gasteiger partial charge in [-0.05, 0) is 47.5 Å². The van der Waals surface area contributed by atoms with Crippen molar-refractivity contribution in [3.8, 4) is 11.1 Å². The van der Waals surface area contributed by atoms with Gasteiger partial charge in [0.05, 0.1) is 4.88 Å². The lowest BCUT2D eigenvalue weighted by atomic mass is 10.1. The number of amides is 1. The monoisotopic (exact) mass is 325 g/mol. The van der Waals surface area contributed by atoms with Crippen LogP contribution in [0.5, 0.6) is 0 Å². The number of nitrogens with one attached hydrogen (secondary N) is 1. The van der Waals surface area contributed by atoms with Crippen LogP contribution in [0, 0.1) is 0 Å². The minimum Gasteiger partial charge on any atom is -0.321 e. The van der Waals surface area contributed by atoms with E-state index >= 15 is 0 Å². The third-order valence-electron chi connectivity index (χ3n) is 3.30. The summed E-state index contributed by atoms with van der Waals surface area (Å²) in [5.74, 6) is -0.0641. The summed E-state index contributed by atoms with van der Waals surface area (Å²) in [6, 6.07) is 19.8. The molecule has 1 aromatic heterocycles. The Hall–Kier alpha value is -2.04. The molecule has 3 rings (SSSR count). The van der Waals surface area contributed by atoms with Crippen molar-refractivity contribution in [2.24, 2.45) is 0 Å². The number of carbonyl (C=O) groups excluding carboxylic acids is 1. The average Bonchev–Trinajstić information content (AvgIpc) is 3.06. The molecule has 2 aromatic carbocycles. The molecular weight excluding hydrogens is 310 g/mol. The summed E-state index contributed by atoms with van der Waals surface area (Å²) in [6.07, 6.45) is 2.03. The quantitative estimate of drug-likeness (QED) is 0.652. The third-order valence-corrected chi connectivity index (χ3v) is 4.96. The van der Waals surface area contributed by atoms with Crippen molar-refractivity contribution in [2.45, 2.75) is 4.90 Å². The predicted molar refractivity (Wildman–Crippen MR) is 95.9 cm³/mol. The van der Waals surface area contributed by atoms with E-state index in [4.69, 9.17) is 0 Å². The number of rotatable bonds is 4. The Bertz CT molecular complexity index is 763. The Labute approximate surface area is 138 Å². The van der Waals surface area contributed by atoms with Gasteiger partial charge in [0.25, 0.3) is 5.91 Å². The Kier molecular flexibility index (Phi) is 4.61. The molecule has 110 valence electrons. The summed E-state index contributed by atoms with van der Waals surface area (Å²) in [6.45, 7) is 0. The van der Waals surface area contributed by atoms with Gasteiger partial charge >= 0.3 is 0 Å². The van der Waals surface area contributed by atoms with Gasteiger partial charge in [0.15, 0.2) is 0 Å². The van der Waals surface area contributed by atoms with Crippen LogP contribution >= 0.6 is 23.1 Å². The molecule has 0 spiro atoms. The molecule has 0 saturated heterocycles. The standard InChI is InChI=1S/C18H15NOS2/c1-21-15-9-7-14(8-10-15)19-18(20)17-16(11-12-22-17)13-5-3-2-4-6-13/h2-12H,1H3,(H,19,20). The summed E-state index contributed by atoms with van der Waals surface area (Å²) < 4.78 is 0. The van der Waals surface area contributed by atoms with Crippen molar-refractivity contribution in [3.05, 3.63) is 70.9 Å². The molecule has 22 heavy (non-hydrogen) atoms. The van der Waals surface area contributed by atoms with Crippen molar-refractivity contribution in [3.63, 3.8) is 0 Å². The lowest BCUT2D eigenvalue weighted by molar-refractivity contribution is 0.103. The number of thiophene rings is 1. The third kappa shape index (κ3) is 3.24. The van der Waals surface area contributed by atoms with Crippen LogP contribution in [0.25, 0.3) is 11.1 Å². The van der Waals surface area contributed by atoms with Gasteiger partial charge < -0.3 is 5.32 Å². The molecule has 0 fully saturated rings. The molecule has 0 atom stereocenters. The van der Waals surface area contributed by atoms with E-state index in [9.17, 15) is 4.79 Å². The van der Waals surface area contributed by atoms with Gasteiger partial charge in [0, 0.05) is 16.1 Å². The van der Waals surface area contributed by atoms with Crippen molar-refractivity contribution in [2.75, 3.05) is 11.6 Å². The largest absolute Gasteiger partial charge is 0.321 e. The Morgan fingerprint density at radius 1 is 1.00 bits per heavy atom. The molecule has 0 aliphatic carbocycles. The number of thioether (sulfide) groups is 1. The Balaban J connectivity index is 1.82. The lowest BCUT2D eigenvalue weighted by Gasteiger charge is -2.07. The molecule has 0 bridgehead atoms. The van der Waals surface area contributed by atoms with Crippen molar-refractivity contribution >= 4 is 34.7 Å². The molecule has 3 aromatic rings. The first-order chi connectivity index (χ1) is 10.8. The molecular formula is C18H15NOS2. The maximum Gasteiger partial charge on any atom is 0.266 e. The zero-order valence-electron chi connectivity index (χ0n) is 12.1. The van der Waals surface area contributed by atoms with Gasteiger partial charge in [-0.2, -0.15) is 0 Å². The zero-order valence-corrected chi connectivity index (χ0v) is 13.7. The molecule has 0 aliphatic heterocycles. The van der Waals surface area contributed by atoms with Gasteiger partial charge in [-0.25, -0.2) is 0 Å². The van der Waals surface area contributed by atoms with Crippen molar-refractivity contribution in [1.29, 1.82) is 0 Å². The second-order valence-corrected chi connectivity index (χ2v) is 6.51. The number of anilines is 1. The highest BCUT2D eigenvalue weighted by molar-refractivity contribution is 7.98. The van der Waals surface area contributed by atoms with Gasteiger partial charge in [-0.1, -0.05) is 30.3 Å². The van der Waals surface area contributed by atoms with Crippen LogP contribution in [0.1, 0.15) is 9.67 Å². The first-order valence-electron chi connectivity index (χ1n) is 6.86. The molecule has 0 aliphatic rings. The minimum absolute atomic E-state index is 0.0641. The predicted octanol–water partition coefficient (Wildman–Crippen LogP) is 5.39. The van der Waals surface area contributed by atoms with E-state index in [1.165, 1.54) is 16.2 Å². The van der Waals surface area contributed by atoms with E-state index in [1.54, 1.807) is 11.8 Å². The van der Waals surface area contributed by atoms with E-state index < -0.39 is 0 Å². The summed E-state index contributed by atoms with van der Waals surface area (Å²) in [5.41, 5.74) is 2.85. The second kappa shape index (κ2) is 6.81. The molecule has 4 heteroatoms. The number of hydrogen-bond acceptors (Lipinski definition) is 3. The van der Waals surface area contributed by atoms with Crippen molar-refractivity contribution in [1.82, 2.24) is 0 Å². The first kappa shape index (κ1) is 14.9. The van der Waals surface area contributed by atoms with E-state index in [0.29, 0.717) is 0 Å². The summed E-state index contributed by atoms with van der Waals surface area (Å²) in [4.78, 5) is 14.4. The van der Waals surface area contributed by atoms with E-state index in [2.05, 4.69) is 5.32 Å². The normalized spacial score (nSPS) is 10.4. The van der Waals surface area contributed by atoms with Gasteiger partial charge in [-0.3, -0.25) is 4.79 Å². The van der Waals surface area contributed by atoms with Crippen molar-refractivity contribution < 1.29 is 4.79 Å². The van der Waals surface area contributed by atoms with Crippen LogP contribution in [0.4, 0.5) is 5.69 Å². The lowest BCUT2D eigenvalue weighted by Crippen LogP contribution is -2.11. The SMILES string of the molecule is CSc1ccc(NC(=O)c2sccc2-c2ccccc2)cc1. The van der Waals surface area contributed by atoms with Crippen LogP contribution in [0.3, 0.4) is 0 Å². The topological polar surface area (TPSA) is 29.1 Å². The fourth-order valence-corrected chi connectivity index (χ4v) is 3.41.